The van der Waals surface area contributed by atoms with Crippen molar-refractivity contribution in [2.24, 2.45) is 0 Å². The Morgan fingerprint density at radius 1 is 0.955 bits per heavy atom. The van der Waals surface area contributed by atoms with Crippen LogP contribution in [0.25, 0.3) is 0 Å². The SMILES string of the molecule is CC(C)(C)c1ccc(CCC(=O)NNc2ccccc2)cc1. The number of rotatable bonds is 5. The van der Waals surface area contributed by atoms with Crippen LogP contribution in [-0.2, 0) is 16.6 Å². The Morgan fingerprint density at radius 3 is 2.18 bits per heavy atom. The number of carbonyl (C=O) groups excluding carboxylic acids is 1. The molecule has 3 heteroatoms. The van der Waals surface area contributed by atoms with Gasteiger partial charge in [-0.3, -0.25) is 15.6 Å². The molecule has 0 spiro atoms. The first kappa shape index (κ1) is 16.1. The van der Waals surface area contributed by atoms with E-state index in [4.69, 9.17) is 0 Å². The number of anilines is 1. The Bertz CT molecular complexity index is 598. The second-order valence-electron chi connectivity index (χ2n) is 6.49. The number of amides is 1. The van der Waals surface area contributed by atoms with Gasteiger partial charge in [-0.25, -0.2) is 0 Å². The van der Waals surface area contributed by atoms with Crippen LogP contribution in [0.3, 0.4) is 0 Å². The monoisotopic (exact) mass is 296 g/mol. The molecule has 2 N–H and O–H groups in total. The minimum atomic E-state index is -0.0104. The minimum absolute atomic E-state index is 0.0104. The maximum Gasteiger partial charge on any atom is 0.238 e. The standard InChI is InChI=1S/C19H24N2O/c1-19(2,3)16-12-9-15(10-13-16)11-14-18(22)21-20-17-7-5-4-6-8-17/h4-10,12-13,20H,11,14H2,1-3H3,(H,21,22). The largest absolute Gasteiger partial charge is 0.299 e. The Morgan fingerprint density at radius 2 is 1.59 bits per heavy atom. The molecule has 0 aromatic heterocycles. The van der Waals surface area contributed by atoms with E-state index in [0.717, 1.165) is 12.1 Å². The molecule has 1 amide bonds. The zero-order chi connectivity index (χ0) is 16.0. The first-order valence-corrected chi connectivity index (χ1v) is 7.64. The maximum absolute atomic E-state index is 11.8. The van der Waals surface area contributed by atoms with Crippen LogP contribution in [0.2, 0.25) is 0 Å². The van der Waals surface area contributed by atoms with Gasteiger partial charge in [0.15, 0.2) is 0 Å². The fourth-order valence-corrected chi connectivity index (χ4v) is 2.16. The summed E-state index contributed by atoms with van der Waals surface area (Å²) in [4.78, 5) is 11.8. The van der Waals surface area contributed by atoms with Crippen LogP contribution in [0.4, 0.5) is 5.69 Å². The van der Waals surface area contributed by atoms with Gasteiger partial charge < -0.3 is 0 Å². The van der Waals surface area contributed by atoms with Gasteiger partial charge in [0, 0.05) is 6.42 Å². The lowest BCUT2D eigenvalue weighted by Crippen LogP contribution is -2.29. The van der Waals surface area contributed by atoms with Gasteiger partial charge in [-0.1, -0.05) is 63.2 Å². The van der Waals surface area contributed by atoms with Crippen LogP contribution in [-0.4, -0.2) is 5.91 Å². The van der Waals surface area contributed by atoms with E-state index >= 15 is 0 Å². The summed E-state index contributed by atoms with van der Waals surface area (Å²) in [5, 5.41) is 0. The molecule has 2 rings (SSSR count). The number of benzene rings is 2. The summed E-state index contributed by atoms with van der Waals surface area (Å²) >= 11 is 0. The van der Waals surface area contributed by atoms with Gasteiger partial charge in [-0.05, 0) is 35.1 Å². The molecule has 2 aromatic rings. The molecule has 0 bridgehead atoms. The average Bonchev–Trinajstić information content (AvgIpc) is 2.51. The molecule has 0 unspecified atom stereocenters. The van der Waals surface area contributed by atoms with Crippen molar-refractivity contribution in [3.63, 3.8) is 0 Å². The van der Waals surface area contributed by atoms with Crippen molar-refractivity contribution in [1.82, 2.24) is 5.43 Å². The number of hydrazine groups is 1. The summed E-state index contributed by atoms with van der Waals surface area (Å²) in [6.45, 7) is 6.60. The Balaban J connectivity index is 1.79. The third-order valence-electron chi connectivity index (χ3n) is 3.58. The van der Waals surface area contributed by atoms with Crippen LogP contribution in [0.5, 0.6) is 0 Å². The third-order valence-corrected chi connectivity index (χ3v) is 3.58. The van der Waals surface area contributed by atoms with Gasteiger partial charge in [0.2, 0.25) is 5.91 Å². The molecule has 3 nitrogen and oxygen atoms in total. The van der Waals surface area contributed by atoms with E-state index < -0.39 is 0 Å². The van der Waals surface area contributed by atoms with Crippen LogP contribution < -0.4 is 10.9 Å². The number of hydrogen-bond acceptors (Lipinski definition) is 2. The first-order valence-electron chi connectivity index (χ1n) is 7.64. The third kappa shape index (κ3) is 4.92. The van der Waals surface area contributed by atoms with E-state index in [1.165, 1.54) is 11.1 Å². The average molecular weight is 296 g/mol. The van der Waals surface area contributed by atoms with Crippen molar-refractivity contribution in [2.75, 3.05) is 5.43 Å². The van der Waals surface area contributed by atoms with E-state index in [9.17, 15) is 4.79 Å². The highest BCUT2D eigenvalue weighted by molar-refractivity contribution is 5.77. The van der Waals surface area contributed by atoms with Crippen LogP contribution in [0.1, 0.15) is 38.3 Å². The summed E-state index contributed by atoms with van der Waals surface area (Å²) in [5.74, 6) is -0.0104. The second-order valence-corrected chi connectivity index (χ2v) is 6.49. The molecule has 0 heterocycles. The molecule has 0 saturated carbocycles. The first-order chi connectivity index (χ1) is 10.4. The van der Waals surface area contributed by atoms with Crippen LogP contribution >= 0.6 is 0 Å². The van der Waals surface area contributed by atoms with Gasteiger partial charge in [0.25, 0.3) is 0 Å². The molecule has 22 heavy (non-hydrogen) atoms. The van der Waals surface area contributed by atoms with E-state index in [0.29, 0.717) is 6.42 Å². The van der Waals surface area contributed by atoms with E-state index in [1.807, 2.05) is 30.3 Å². The predicted molar refractivity (Wildman–Crippen MR) is 91.7 cm³/mol. The highest BCUT2D eigenvalue weighted by Gasteiger charge is 2.12. The van der Waals surface area contributed by atoms with Crippen molar-refractivity contribution < 1.29 is 4.79 Å². The lowest BCUT2D eigenvalue weighted by molar-refractivity contribution is -0.120. The molecule has 0 fully saturated rings. The topological polar surface area (TPSA) is 41.1 Å². The smallest absolute Gasteiger partial charge is 0.238 e. The molecular formula is C19H24N2O. The van der Waals surface area contributed by atoms with Crippen molar-refractivity contribution in [1.29, 1.82) is 0 Å². The van der Waals surface area contributed by atoms with Gasteiger partial charge in [-0.2, -0.15) is 0 Å². The number of aryl methyl sites for hydroxylation is 1. The lowest BCUT2D eigenvalue weighted by Gasteiger charge is -2.19. The summed E-state index contributed by atoms with van der Waals surface area (Å²) in [5.41, 5.74) is 9.16. The zero-order valence-corrected chi connectivity index (χ0v) is 13.5. The van der Waals surface area contributed by atoms with Crippen LogP contribution in [0, 0.1) is 0 Å². The Labute approximate surface area is 132 Å². The Kier molecular flexibility index (Phi) is 5.21. The fraction of sp³-hybridized carbons (Fsp3) is 0.316. The maximum atomic E-state index is 11.8. The normalized spacial score (nSPS) is 11.0. The minimum Gasteiger partial charge on any atom is -0.299 e. The van der Waals surface area contributed by atoms with Gasteiger partial charge in [-0.15, -0.1) is 0 Å². The van der Waals surface area contributed by atoms with Crippen molar-refractivity contribution in [3.8, 4) is 0 Å². The highest BCUT2D eigenvalue weighted by Crippen LogP contribution is 2.22. The van der Waals surface area contributed by atoms with Gasteiger partial charge in [0.05, 0.1) is 5.69 Å². The van der Waals surface area contributed by atoms with E-state index in [-0.39, 0.29) is 11.3 Å². The number of hydrogen-bond donors (Lipinski definition) is 2. The molecule has 0 saturated heterocycles. The predicted octanol–water partition coefficient (Wildman–Crippen LogP) is 4.06. The molecule has 0 aliphatic rings. The molecule has 0 atom stereocenters. The summed E-state index contributed by atoms with van der Waals surface area (Å²) < 4.78 is 0. The van der Waals surface area contributed by atoms with Crippen LogP contribution in [0.15, 0.2) is 54.6 Å². The highest BCUT2D eigenvalue weighted by atomic mass is 16.2. The van der Waals surface area contributed by atoms with Crippen molar-refractivity contribution >= 4 is 11.6 Å². The molecule has 0 radical (unpaired) electrons. The second kappa shape index (κ2) is 7.12. The fourth-order valence-electron chi connectivity index (χ4n) is 2.16. The quantitative estimate of drug-likeness (QED) is 0.817. The number of carbonyl (C=O) groups is 1. The van der Waals surface area contributed by atoms with Gasteiger partial charge >= 0.3 is 0 Å². The Hall–Kier alpha value is -2.29. The molecular weight excluding hydrogens is 272 g/mol. The number of nitrogens with one attached hydrogen (secondary N) is 2. The van der Waals surface area contributed by atoms with Crippen molar-refractivity contribution in [3.05, 3.63) is 65.7 Å². The summed E-state index contributed by atoms with van der Waals surface area (Å²) in [7, 11) is 0. The summed E-state index contributed by atoms with van der Waals surface area (Å²) in [6.07, 6.45) is 1.21. The summed E-state index contributed by atoms with van der Waals surface area (Å²) in [6, 6.07) is 18.1. The molecule has 116 valence electrons. The molecule has 2 aromatic carbocycles. The van der Waals surface area contributed by atoms with E-state index in [1.54, 1.807) is 0 Å². The van der Waals surface area contributed by atoms with Crippen molar-refractivity contribution in [2.45, 2.75) is 39.0 Å². The van der Waals surface area contributed by atoms with E-state index in [2.05, 4.69) is 55.9 Å². The number of para-hydroxylation sites is 1. The zero-order valence-electron chi connectivity index (χ0n) is 13.5. The van der Waals surface area contributed by atoms with Gasteiger partial charge in [0.1, 0.15) is 0 Å². The molecule has 0 aliphatic heterocycles. The molecule has 0 aliphatic carbocycles. The lowest BCUT2D eigenvalue weighted by atomic mass is 9.86.